The van der Waals surface area contributed by atoms with Crippen LogP contribution in [0, 0.1) is 0 Å². The Balaban J connectivity index is 2.91. The van der Waals surface area contributed by atoms with Gasteiger partial charge in [-0.25, -0.2) is 4.79 Å². The number of esters is 1. The zero-order valence-electron chi connectivity index (χ0n) is 12.0. The van der Waals surface area contributed by atoms with Crippen LogP contribution in [-0.2, 0) is 20.7 Å². The molecule has 116 valence electrons. The van der Waals surface area contributed by atoms with Gasteiger partial charge in [0.2, 0.25) is 11.8 Å². The molecule has 0 spiro atoms. The molecule has 0 aliphatic rings. The minimum atomic E-state index is -1.05. The van der Waals surface area contributed by atoms with Crippen molar-refractivity contribution in [3.8, 4) is 0 Å². The predicted octanol–water partition coefficient (Wildman–Crippen LogP) is 0.628. The zero-order chi connectivity index (χ0) is 16.0. The molecule has 2 amide bonds. The van der Waals surface area contributed by atoms with Crippen molar-refractivity contribution in [1.82, 2.24) is 0 Å². The van der Waals surface area contributed by atoms with Crippen LogP contribution in [0.5, 0.6) is 0 Å². The third-order valence-corrected chi connectivity index (χ3v) is 3.82. The second kappa shape index (κ2) is 7.75. The number of anilines is 1. The van der Waals surface area contributed by atoms with Crippen molar-refractivity contribution in [2.24, 2.45) is 11.5 Å². The Morgan fingerprint density at radius 3 is 2.57 bits per heavy atom. The maximum atomic E-state index is 11.9. The summed E-state index contributed by atoms with van der Waals surface area (Å²) in [6.07, 6.45) is 0.465. The van der Waals surface area contributed by atoms with E-state index in [1.807, 2.05) is 6.92 Å². The first-order chi connectivity index (χ1) is 9.88. The summed E-state index contributed by atoms with van der Waals surface area (Å²) in [6.45, 7) is 3.88. The first-order valence-corrected chi connectivity index (χ1v) is 7.35. The van der Waals surface area contributed by atoms with Gasteiger partial charge in [0.15, 0.2) is 0 Å². The van der Waals surface area contributed by atoms with Crippen LogP contribution in [0.25, 0.3) is 0 Å². The second-order valence-corrected chi connectivity index (χ2v) is 5.43. The van der Waals surface area contributed by atoms with Crippen LogP contribution in [0.3, 0.4) is 0 Å². The van der Waals surface area contributed by atoms with E-state index < -0.39 is 23.8 Å². The van der Waals surface area contributed by atoms with Crippen LogP contribution >= 0.6 is 11.3 Å². The molecule has 0 saturated heterocycles. The van der Waals surface area contributed by atoms with Gasteiger partial charge in [0.05, 0.1) is 24.6 Å². The SMILES string of the molecule is CCOC(=O)c1cc(CC)sc1NC(=O)C(N)CC(N)=O. The van der Waals surface area contributed by atoms with Gasteiger partial charge in [0.1, 0.15) is 5.00 Å². The fourth-order valence-corrected chi connectivity index (χ4v) is 2.57. The van der Waals surface area contributed by atoms with E-state index in [-0.39, 0.29) is 13.0 Å². The molecule has 5 N–H and O–H groups in total. The third-order valence-electron chi connectivity index (χ3n) is 2.62. The number of carbonyl (C=O) groups is 3. The average Bonchev–Trinajstić information content (AvgIpc) is 2.81. The van der Waals surface area contributed by atoms with E-state index in [1.54, 1.807) is 13.0 Å². The highest BCUT2D eigenvalue weighted by Crippen LogP contribution is 2.29. The van der Waals surface area contributed by atoms with Crippen LogP contribution < -0.4 is 16.8 Å². The molecule has 21 heavy (non-hydrogen) atoms. The number of carbonyl (C=O) groups excluding carboxylic acids is 3. The average molecular weight is 313 g/mol. The lowest BCUT2D eigenvalue weighted by atomic mass is 10.2. The quantitative estimate of drug-likeness (QED) is 0.637. The van der Waals surface area contributed by atoms with Crippen molar-refractivity contribution >= 4 is 34.1 Å². The molecule has 7 nitrogen and oxygen atoms in total. The van der Waals surface area contributed by atoms with Crippen molar-refractivity contribution in [2.75, 3.05) is 11.9 Å². The molecule has 0 radical (unpaired) electrons. The highest BCUT2D eigenvalue weighted by atomic mass is 32.1. The molecule has 1 unspecified atom stereocenters. The molecule has 0 bridgehead atoms. The van der Waals surface area contributed by atoms with E-state index in [2.05, 4.69) is 5.32 Å². The van der Waals surface area contributed by atoms with Gasteiger partial charge in [-0.1, -0.05) is 6.92 Å². The highest BCUT2D eigenvalue weighted by molar-refractivity contribution is 7.16. The summed E-state index contributed by atoms with van der Waals surface area (Å²) in [7, 11) is 0. The van der Waals surface area contributed by atoms with Gasteiger partial charge in [-0.05, 0) is 19.4 Å². The Bertz CT molecular complexity index is 542. The molecule has 8 heteroatoms. The van der Waals surface area contributed by atoms with Crippen LogP contribution in [0.2, 0.25) is 0 Å². The van der Waals surface area contributed by atoms with Crippen LogP contribution in [0.4, 0.5) is 5.00 Å². The van der Waals surface area contributed by atoms with Gasteiger partial charge in [-0.2, -0.15) is 0 Å². The van der Waals surface area contributed by atoms with Crippen molar-refractivity contribution < 1.29 is 19.1 Å². The Labute approximate surface area is 126 Å². The normalized spacial score (nSPS) is 11.8. The number of hydrogen-bond acceptors (Lipinski definition) is 6. The van der Waals surface area contributed by atoms with Crippen molar-refractivity contribution in [3.05, 3.63) is 16.5 Å². The van der Waals surface area contributed by atoms with Gasteiger partial charge in [0, 0.05) is 4.88 Å². The second-order valence-electron chi connectivity index (χ2n) is 4.30. The van der Waals surface area contributed by atoms with E-state index in [4.69, 9.17) is 16.2 Å². The molecule has 1 heterocycles. The summed E-state index contributed by atoms with van der Waals surface area (Å²) in [4.78, 5) is 35.4. The number of nitrogens with two attached hydrogens (primary N) is 2. The first kappa shape index (κ1) is 17.1. The molecule has 1 atom stereocenters. The van der Waals surface area contributed by atoms with E-state index in [0.29, 0.717) is 10.6 Å². The molecule has 0 aliphatic heterocycles. The number of hydrogen-bond donors (Lipinski definition) is 3. The molecule has 1 rings (SSSR count). The Kier molecular flexibility index (Phi) is 6.32. The maximum absolute atomic E-state index is 11.9. The Morgan fingerprint density at radius 2 is 2.05 bits per heavy atom. The molecule has 0 fully saturated rings. The summed E-state index contributed by atoms with van der Waals surface area (Å²) < 4.78 is 4.94. The molecule has 0 aromatic carbocycles. The molecule has 1 aromatic rings. The molecule has 1 aromatic heterocycles. The smallest absolute Gasteiger partial charge is 0.341 e. The minimum Gasteiger partial charge on any atom is -0.462 e. The van der Waals surface area contributed by atoms with Crippen LogP contribution in [0.15, 0.2) is 6.07 Å². The lowest BCUT2D eigenvalue weighted by Gasteiger charge is -2.10. The van der Waals surface area contributed by atoms with Crippen LogP contribution in [-0.4, -0.2) is 30.4 Å². The number of primary amides is 1. The number of aryl methyl sites for hydroxylation is 1. The summed E-state index contributed by atoms with van der Waals surface area (Å²) in [5.41, 5.74) is 10.9. The highest BCUT2D eigenvalue weighted by Gasteiger charge is 2.22. The number of amides is 2. The van der Waals surface area contributed by atoms with E-state index >= 15 is 0 Å². The van der Waals surface area contributed by atoms with E-state index in [0.717, 1.165) is 11.3 Å². The summed E-state index contributed by atoms with van der Waals surface area (Å²) >= 11 is 1.27. The standard InChI is InChI=1S/C13H19N3O4S/c1-3-7-5-8(13(19)20-4-2)12(21-7)16-11(18)9(14)6-10(15)17/h5,9H,3-4,6,14H2,1-2H3,(H2,15,17)(H,16,18). The first-order valence-electron chi connectivity index (χ1n) is 6.53. The van der Waals surface area contributed by atoms with Gasteiger partial charge < -0.3 is 21.5 Å². The minimum absolute atomic E-state index is 0.241. The number of thiophene rings is 1. The summed E-state index contributed by atoms with van der Waals surface area (Å²) in [6, 6.07) is 0.627. The van der Waals surface area contributed by atoms with E-state index in [1.165, 1.54) is 11.3 Å². The lowest BCUT2D eigenvalue weighted by molar-refractivity contribution is -0.123. The largest absolute Gasteiger partial charge is 0.462 e. The van der Waals surface area contributed by atoms with Crippen LogP contribution in [0.1, 0.15) is 35.5 Å². The third kappa shape index (κ3) is 4.83. The number of nitrogens with one attached hydrogen (secondary N) is 1. The molecule has 0 aliphatic carbocycles. The summed E-state index contributed by atoms with van der Waals surface area (Å²) in [5.74, 6) is -1.74. The molecular formula is C13H19N3O4S. The van der Waals surface area contributed by atoms with Gasteiger partial charge >= 0.3 is 5.97 Å². The lowest BCUT2D eigenvalue weighted by Crippen LogP contribution is -2.39. The van der Waals surface area contributed by atoms with Gasteiger partial charge in [0.25, 0.3) is 0 Å². The Morgan fingerprint density at radius 1 is 1.38 bits per heavy atom. The number of rotatable bonds is 7. The van der Waals surface area contributed by atoms with Crippen molar-refractivity contribution in [2.45, 2.75) is 32.7 Å². The fraction of sp³-hybridized carbons (Fsp3) is 0.462. The number of ether oxygens (including phenoxy) is 1. The topological polar surface area (TPSA) is 125 Å². The zero-order valence-corrected chi connectivity index (χ0v) is 12.8. The molecule has 0 saturated carbocycles. The molecular weight excluding hydrogens is 294 g/mol. The predicted molar refractivity (Wildman–Crippen MR) is 80.1 cm³/mol. The van der Waals surface area contributed by atoms with Crippen molar-refractivity contribution in [1.29, 1.82) is 0 Å². The summed E-state index contributed by atoms with van der Waals surface area (Å²) in [5, 5.41) is 2.93. The van der Waals surface area contributed by atoms with Crippen molar-refractivity contribution in [3.63, 3.8) is 0 Å². The monoisotopic (exact) mass is 313 g/mol. The maximum Gasteiger partial charge on any atom is 0.341 e. The van der Waals surface area contributed by atoms with Gasteiger partial charge in [-0.3, -0.25) is 9.59 Å². The Hall–Kier alpha value is -1.93. The fourth-order valence-electron chi connectivity index (χ4n) is 1.58. The van der Waals surface area contributed by atoms with E-state index in [9.17, 15) is 14.4 Å². The van der Waals surface area contributed by atoms with Gasteiger partial charge in [-0.15, -0.1) is 11.3 Å².